The molecule has 1 aromatic heterocycles. The molecule has 1 amide bonds. The van der Waals surface area contributed by atoms with Crippen molar-refractivity contribution < 1.29 is 14.6 Å². The van der Waals surface area contributed by atoms with Crippen LogP contribution in [0.4, 0.5) is 17.2 Å². The van der Waals surface area contributed by atoms with Gasteiger partial charge in [-0.05, 0) is 43.0 Å². The molecule has 0 unspecified atom stereocenters. The average molecular weight is 423 g/mol. The van der Waals surface area contributed by atoms with Gasteiger partial charge in [0.25, 0.3) is 0 Å². The molecule has 1 aliphatic carbocycles. The lowest BCUT2D eigenvalue weighted by Gasteiger charge is -2.46. The molecular weight excluding hydrogens is 392 g/mol. The first kappa shape index (κ1) is 20.1. The third-order valence-electron chi connectivity index (χ3n) is 6.83. The number of aromatic hydroxyl groups is 1. The summed E-state index contributed by atoms with van der Waals surface area (Å²) in [4.78, 5) is 21.4. The maximum Gasteiger partial charge on any atom is 0.224 e. The molecule has 2 aromatic rings. The highest BCUT2D eigenvalue weighted by molar-refractivity contribution is 5.94. The van der Waals surface area contributed by atoms with Crippen LogP contribution in [0.2, 0.25) is 0 Å². The lowest BCUT2D eigenvalue weighted by molar-refractivity contribution is -0.117. The molecule has 1 saturated carbocycles. The number of hydrogen-bond acceptors (Lipinski definition) is 6. The standard InChI is InChI=1S/C24H30N4O3/c1-15-23(26-21-4-3-5-22(30)25-21)19-14-18(27-10-12-31-13-11-27)8-9-20(19)28(16(2)29)24(15)17-6-7-17/h3-5,8-9,14-15,17,23-24H,6-7,10-13H2,1-2H3,(H2,25,26,30)/t15-,23-,24-/m1/s1. The van der Waals surface area contributed by atoms with Crippen molar-refractivity contribution in [2.75, 3.05) is 41.4 Å². The van der Waals surface area contributed by atoms with Gasteiger partial charge in [0.2, 0.25) is 11.8 Å². The second kappa shape index (κ2) is 8.04. The van der Waals surface area contributed by atoms with E-state index in [2.05, 4.69) is 40.3 Å². The highest BCUT2D eigenvalue weighted by Gasteiger charge is 2.47. The van der Waals surface area contributed by atoms with E-state index < -0.39 is 0 Å². The molecule has 0 bridgehead atoms. The highest BCUT2D eigenvalue weighted by Crippen LogP contribution is 2.50. The molecule has 7 nitrogen and oxygen atoms in total. The number of carbonyl (C=O) groups excluding carboxylic acids is 1. The van der Waals surface area contributed by atoms with Crippen LogP contribution < -0.4 is 15.1 Å². The summed E-state index contributed by atoms with van der Waals surface area (Å²) in [5, 5.41) is 13.4. The first-order chi connectivity index (χ1) is 15.0. The van der Waals surface area contributed by atoms with E-state index in [1.807, 2.05) is 11.0 Å². The van der Waals surface area contributed by atoms with Crippen molar-refractivity contribution in [1.82, 2.24) is 4.98 Å². The number of rotatable bonds is 4. The second-order valence-electron chi connectivity index (χ2n) is 8.92. The van der Waals surface area contributed by atoms with Crippen molar-refractivity contribution in [3.63, 3.8) is 0 Å². The summed E-state index contributed by atoms with van der Waals surface area (Å²) >= 11 is 0. The van der Waals surface area contributed by atoms with E-state index in [4.69, 9.17) is 4.74 Å². The lowest BCUT2D eigenvalue weighted by Crippen LogP contribution is -2.51. The Kier molecular flexibility index (Phi) is 5.22. The molecule has 5 rings (SSSR count). The minimum atomic E-state index is -0.00788. The predicted molar refractivity (Wildman–Crippen MR) is 121 cm³/mol. The van der Waals surface area contributed by atoms with Crippen molar-refractivity contribution in [1.29, 1.82) is 0 Å². The maximum atomic E-state index is 12.8. The van der Waals surface area contributed by atoms with Crippen LogP contribution in [0.1, 0.15) is 38.3 Å². The fourth-order valence-electron chi connectivity index (χ4n) is 5.23. The Morgan fingerprint density at radius 3 is 2.65 bits per heavy atom. The van der Waals surface area contributed by atoms with Crippen molar-refractivity contribution >= 4 is 23.1 Å². The summed E-state index contributed by atoms with van der Waals surface area (Å²) in [5.41, 5.74) is 3.24. The minimum absolute atomic E-state index is 0.000131. The fourth-order valence-corrected chi connectivity index (χ4v) is 5.23. The molecule has 2 N–H and O–H groups in total. The van der Waals surface area contributed by atoms with Crippen molar-refractivity contribution in [3.05, 3.63) is 42.0 Å². The van der Waals surface area contributed by atoms with E-state index in [0.717, 1.165) is 56.1 Å². The Morgan fingerprint density at radius 2 is 1.97 bits per heavy atom. The number of ether oxygens (including phenoxy) is 1. The monoisotopic (exact) mass is 422 g/mol. The van der Waals surface area contributed by atoms with Crippen LogP contribution in [-0.4, -0.2) is 48.3 Å². The number of amides is 1. The molecule has 2 fully saturated rings. The smallest absolute Gasteiger partial charge is 0.224 e. The van der Waals surface area contributed by atoms with Crippen LogP contribution in [0.25, 0.3) is 0 Å². The van der Waals surface area contributed by atoms with E-state index >= 15 is 0 Å². The zero-order valence-corrected chi connectivity index (χ0v) is 18.1. The zero-order chi connectivity index (χ0) is 21.5. The molecule has 1 aromatic carbocycles. The van der Waals surface area contributed by atoms with E-state index in [-0.39, 0.29) is 29.8 Å². The third kappa shape index (κ3) is 3.82. The number of carbonyl (C=O) groups is 1. The Hall–Kier alpha value is -2.80. The first-order valence-electron chi connectivity index (χ1n) is 11.2. The molecule has 1 saturated heterocycles. The molecular formula is C24H30N4O3. The largest absolute Gasteiger partial charge is 0.493 e. The Morgan fingerprint density at radius 1 is 1.19 bits per heavy atom. The van der Waals surface area contributed by atoms with Gasteiger partial charge in [-0.15, -0.1) is 0 Å². The number of pyridine rings is 1. The molecule has 164 valence electrons. The lowest BCUT2D eigenvalue weighted by atomic mass is 9.79. The van der Waals surface area contributed by atoms with Crippen LogP contribution >= 0.6 is 0 Å². The topological polar surface area (TPSA) is 77.9 Å². The van der Waals surface area contributed by atoms with Crippen molar-refractivity contribution in [2.24, 2.45) is 11.8 Å². The number of morpholine rings is 1. The van der Waals surface area contributed by atoms with Crippen LogP contribution in [-0.2, 0) is 9.53 Å². The van der Waals surface area contributed by atoms with Gasteiger partial charge in [-0.25, -0.2) is 0 Å². The number of fused-ring (bicyclic) bond motifs is 1. The molecule has 2 aliphatic heterocycles. The van der Waals surface area contributed by atoms with E-state index in [9.17, 15) is 9.90 Å². The SMILES string of the molecule is CC(=O)N1c2ccc(N3CCOCC3)cc2[C@H](Nc2cccc(O)n2)[C@@H](C)[C@@H]1C1CC1. The highest BCUT2D eigenvalue weighted by atomic mass is 16.5. The van der Waals surface area contributed by atoms with Crippen LogP contribution in [0.5, 0.6) is 5.88 Å². The summed E-state index contributed by atoms with van der Waals surface area (Å²) in [6.07, 6.45) is 2.33. The maximum absolute atomic E-state index is 12.8. The summed E-state index contributed by atoms with van der Waals surface area (Å²) < 4.78 is 5.52. The van der Waals surface area contributed by atoms with Gasteiger partial charge in [0.05, 0.1) is 19.3 Å². The van der Waals surface area contributed by atoms with Crippen LogP contribution in [0, 0.1) is 11.8 Å². The Labute approximate surface area is 183 Å². The van der Waals surface area contributed by atoms with Gasteiger partial charge in [0.1, 0.15) is 5.82 Å². The van der Waals surface area contributed by atoms with Gasteiger partial charge < -0.3 is 25.0 Å². The van der Waals surface area contributed by atoms with Gasteiger partial charge in [-0.2, -0.15) is 4.98 Å². The van der Waals surface area contributed by atoms with Gasteiger partial charge in [-0.3, -0.25) is 4.79 Å². The zero-order valence-electron chi connectivity index (χ0n) is 18.1. The summed E-state index contributed by atoms with van der Waals surface area (Å²) in [5.74, 6) is 1.48. The van der Waals surface area contributed by atoms with Gasteiger partial charge in [0.15, 0.2) is 0 Å². The molecule has 7 heteroatoms. The van der Waals surface area contributed by atoms with Crippen molar-refractivity contribution in [2.45, 2.75) is 38.8 Å². The molecule has 3 atom stereocenters. The van der Waals surface area contributed by atoms with E-state index in [1.165, 1.54) is 0 Å². The van der Waals surface area contributed by atoms with Gasteiger partial charge >= 0.3 is 0 Å². The van der Waals surface area contributed by atoms with E-state index in [0.29, 0.717) is 11.7 Å². The number of hydrogen-bond donors (Lipinski definition) is 2. The summed E-state index contributed by atoms with van der Waals surface area (Å²) in [6, 6.07) is 11.9. The van der Waals surface area contributed by atoms with Gasteiger partial charge in [0, 0.05) is 55.0 Å². The molecule has 31 heavy (non-hydrogen) atoms. The number of nitrogens with one attached hydrogen (secondary N) is 1. The second-order valence-corrected chi connectivity index (χ2v) is 8.92. The normalized spacial score (nSPS) is 25.8. The molecule has 3 heterocycles. The van der Waals surface area contributed by atoms with E-state index in [1.54, 1.807) is 19.1 Å². The Balaban J connectivity index is 1.58. The first-order valence-corrected chi connectivity index (χ1v) is 11.2. The molecule has 3 aliphatic rings. The van der Waals surface area contributed by atoms with Crippen LogP contribution in [0.15, 0.2) is 36.4 Å². The van der Waals surface area contributed by atoms with Crippen LogP contribution in [0.3, 0.4) is 0 Å². The molecule has 0 radical (unpaired) electrons. The number of aromatic nitrogens is 1. The summed E-state index contributed by atoms with van der Waals surface area (Å²) in [7, 11) is 0. The Bertz CT molecular complexity index is 971. The number of anilines is 3. The minimum Gasteiger partial charge on any atom is -0.493 e. The predicted octanol–water partition coefficient (Wildman–Crippen LogP) is 3.56. The third-order valence-corrected chi connectivity index (χ3v) is 6.83. The number of nitrogens with zero attached hydrogens (tertiary/aromatic N) is 3. The quantitative estimate of drug-likeness (QED) is 0.785. The molecule has 0 spiro atoms. The fraction of sp³-hybridized carbons (Fsp3) is 0.500. The number of benzene rings is 1. The van der Waals surface area contributed by atoms with Gasteiger partial charge in [-0.1, -0.05) is 13.0 Å². The summed E-state index contributed by atoms with van der Waals surface area (Å²) in [6.45, 7) is 7.08. The van der Waals surface area contributed by atoms with Crippen molar-refractivity contribution in [3.8, 4) is 5.88 Å². The average Bonchev–Trinajstić information content (AvgIpc) is 3.60.